The zero-order chi connectivity index (χ0) is 51.0. The second-order valence-corrected chi connectivity index (χ2v) is 19.4. The summed E-state index contributed by atoms with van der Waals surface area (Å²) in [5.74, 6) is 0. The van der Waals surface area contributed by atoms with Crippen LogP contribution in [0.25, 0.3) is 111 Å². The molecule has 0 spiro atoms. The predicted octanol–water partition coefficient (Wildman–Crippen LogP) is 18.2. The number of hydrogen-bond donors (Lipinski definition) is 0. The molecule has 12 rings (SSSR count). The highest BCUT2D eigenvalue weighted by molar-refractivity contribution is 6.14. The molecule has 0 radical (unpaired) electrons. The van der Waals surface area contributed by atoms with Crippen molar-refractivity contribution >= 4 is 43.6 Å². The quantitative estimate of drug-likeness (QED) is 0.160. The second-order valence-electron chi connectivity index (χ2n) is 19.4. The van der Waals surface area contributed by atoms with Crippen molar-refractivity contribution in [1.29, 1.82) is 10.5 Å². The van der Waals surface area contributed by atoms with Crippen molar-refractivity contribution in [3.8, 4) is 79.1 Å². The maximum atomic E-state index is 15.5. The maximum absolute atomic E-state index is 15.5. The Kier molecular flexibility index (Phi) is 10.9. The Hall–Kier alpha value is -9.43. The normalized spacial score (nSPS) is 11.7. The standard InChI is InChI=1S/C67H45F3N4/c1-40-8-16-44(17-9-40)48-24-29-60-54(34-48)55-35-49(45-18-10-41(2)11-19-45)25-30-61(55)73(60)64-33-28-53(65-52(38-71)6-5-7-59(65)67(68,69)70)66(58(64)39-72)74-62-31-26-50(46-20-12-42(3)13-21-46)36-56(62)57-37-51(27-32-63(57)74)47-22-14-43(4)15-23-47/h5-37H,1-4H3. The van der Waals surface area contributed by atoms with Crippen molar-refractivity contribution in [2.45, 2.75) is 33.9 Å². The van der Waals surface area contributed by atoms with Crippen LogP contribution in [0.4, 0.5) is 13.2 Å². The Bertz CT molecular complexity index is 4110. The van der Waals surface area contributed by atoms with Crippen LogP contribution >= 0.6 is 0 Å². The van der Waals surface area contributed by atoms with Gasteiger partial charge >= 0.3 is 6.18 Å². The Morgan fingerprint density at radius 3 is 1.07 bits per heavy atom. The lowest BCUT2D eigenvalue weighted by Gasteiger charge is -2.22. The molecule has 12 aromatic rings. The van der Waals surface area contributed by atoms with E-state index in [4.69, 9.17) is 0 Å². The van der Waals surface area contributed by atoms with Crippen LogP contribution in [0.2, 0.25) is 0 Å². The molecule has 0 amide bonds. The minimum Gasteiger partial charge on any atom is -0.308 e. The molecule has 0 saturated carbocycles. The third-order valence-electron chi connectivity index (χ3n) is 14.6. The number of nitriles is 2. The number of hydrogen-bond acceptors (Lipinski definition) is 2. The van der Waals surface area contributed by atoms with E-state index in [9.17, 15) is 10.5 Å². The number of nitrogens with zero attached hydrogens (tertiary/aromatic N) is 4. The third kappa shape index (κ3) is 7.69. The molecule has 2 heterocycles. The first-order valence-corrected chi connectivity index (χ1v) is 24.5. The van der Waals surface area contributed by atoms with Gasteiger partial charge in [0.2, 0.25) is 0 Å². The fourth-order valence-electron chi connectivity index (χ4n) is 10.7. The number of aryl methyl sites for hydroxylation is 4. The molecule has 10 aromatic carbocycles. The van der Waals surface area contributed by atoms with E-state index in [2.05, 4.69) is 176 Å². The SMILES string of the molecule is Cc1ccc(-c2ccc3c(c2)c2cc(-c4ccc(C)cc4)ccc2n3-c2ccc(-c3c(C#N)cccc3C(F)(F)F)c(-n3c4ccc(-c5ccc(C)cc5)cc4c4cc(-c5ccc(C)cc5)ccc43)c2C#N)cc1. The average molecular weight is 963 g/mol. The van der Waals surface area contributed by atoms with E-state index in [0.29, 0.717) is 16.7 Å². The Labute approximate surface area is 426 Å². The third-order valence-corrected chi connectivity index (χ3v) is 14.6. The van der Waals surface area contributed by atoms with E-state index in [0.717, 1.165) is 105 Å². The monoisotopic (exact) mass is 962 g/mol. The lowest BCUT2D eigenvalue weighted by molar-refractivity contribution is -0.137. The summed E-state index contributed by atoms with van der Waals surface area (Å²) >= 11 is 0. The lowest BCUT2D eigenvalue weighted by Crippen LogP contribution is -2.11. The molecular formula is C67H45F3N4. The molecular weight excluding hydrogens is 918 g/mol. The number of alkyl halides is 3. The minimum atomic E-state index is -4.84. The van der Waals surface area contributed by atoms with Crippen LogP contribution in [0.3, 0.4) is 0 Å². The summed E-state index contributed by atoms with van der Waals surface area (Å²) in [4.78, 5) is 0. The maximum Gasteiger partial charge on any atom is 0.417 e. The number of halogens is 3. The summed E-state index contributed by atoms with van der Waals surface area (Å²) < 4.78 is 50.5. The summed E-state index contributed by atoms with van der Waals surface area (Å²) in [6, 6.07) is 70.1. The van der Waals surface area contributed by atoms with Crippen molar-refractivity contribution in [3.63, 3.8) is 0 Å². The van der Waals surface area contributed by atoms with Crippen LogP contribution in [0, 0.1) is 50.4 Å². The number of rotatable bonds is 7. The largest absolute Gasteiger partial charge is 0.417 e. The van der Waals surface area contributed by atoms with Gasteiger partial charge in [0.25, 0.3) is 0 Å². The highest BCUT2D eigenvalue weighted by Crippen LogP contribution is 2.47. The van der Waals surface area contributed by atoms with Gasteiger partial charge in [-0.05, 0) is 139 Å². The van der Waals surface area contributed by atoms with Crippen LogP contribution in [-0.4, -0.2) is 9.13 Å². The second kappa shape index (κ2) is 17.7. The lowest BCUT2D eigenvalue weighted by atomic mass is 9.90. The molecule has 354 valence electrons. The van der Waals surface area contributed by atoms with E-state index >= 15 is 13.2 Å². The van der Waals surface area contributed by atoms with Crippen LogP contribution < -0.4 is 0 Å². The fraction of sp³-hybridized carbons (Fsp3) is 0.0746. The van der Waals surface area contributed by atoms with Crippen molar-refractivity contribution < 1.29 is 13.2 Å². The van der Waals surface area contributed by atoms with E-state index < -0.39 is 11.7 Å². The van der Waals surface area contributed by atoms with Crippen LogP contribution in [0.5, 0.6) is 0 Å². The molecule has 2 aromatic heterocycles. The summed E-state index contributed by atoms with van der Waals surface area (Å²) in [7, 11) is 0. The van der Waals surface area contributed by atoms with Gasteiger partial charge in [-0.1, -0.05) is 156 Å². The molecule has 0 bridgehead atoms. The van der Waals surface area contributed by atoms with Gasteiger partial charge in [0, 0.05) is 32.7 Å². The Morgan fingerprint density at radius 2 is 0.730 bits per heavy atom. The molecule has 0 aliphatic carbocycles. The summed E-state index contributed by atoms with van der Waals surface area (Å²) in [5.41, 5.74) is 15.1. The van der Waals surface area contributed by atoms with Crippen molar-refractivity contribution in [2.24, 2.45) is 0 Å². The Balaban J connectivity index is 1.21. The van der Waals surface area contributed by atoms with Crippen molar-refractivity contribution in [2.75, 3.05) is 0 Å². The summed E-state index contributed by atoms with van der Waals surface area (Å²) in [6.07, 6.45) is -4.84. The number of aromatic nitrogens is 2. The Morgan fingerprint density at radius 1 is 0.378 bits per heavy atom. The molecule has 0 unspecified atom stereocenters. The molecule has 7 heteroatoms. The van der Waals surface area contributed by atoms with Crippen LogP contribution in [-0.2, 0) is 6.18 Å². The van der Waals surface area contributed by atoms with Gasteiger partial charge in [-0.15, -0.1) is 0 Å². The van der Waals surface area contributed by atoms with E-state index in [1.807, 2.05) is 42.7 Å². The topological polar surface area (TPSA) is 57.4 Å². The van der Waals surface area contributed by atoms with Crippen LogP contribution in [0.15, 0.2) is 200 Å². The molecule has 0 atom stereocenters. The van der Waals surface area contributed by atoms with Crippen molar-refractivity contribution in [1.82, 2.24) is 9.13 Å². The molecule has 74 heavy (non-hydrogen) atoms. The number of benzene rings is 10. The molecule has 0 aliphatic rings. The predicted molar refractivity (Wildman–Crippen MR) is 296 cm³/mol. The van der Waals surface area contributed by atoms with Gasteiger partial charge in [-0.25, -0.2) is 0 Å². The highest BCUT2D eigenvalue weighted by Gasteiger charge is 2.37. The van der Waals surface area contributed by atoms with E-state index in [1.54, 1.807) is 12.1 Å². The first-order valence-electron chi connectivity index (χ1n) is 24.5. The zero-order valence-corrected chi connectivity index (χ0v) is 41.0. The molecule has 0 saturated heterocycles. The highest BCUT2D eigenvalue weighted by atomic mass is 19.4. The zero-order valence-electron chi connectivity index (χ0n) is 41.0. The smallest absolute Gasteiger partial charge is 0.308 e. The van der Waals surface area contributed by atoms with Crippen LogP contribution in [0.1, 0.15) is 38.9 Å². The van der Waals surface area contributed by atoms with Gasteiger partial charge in [-0.3, -0.25) is 0 Å². The molecule has 0 N–H and O–H groups in total. The van der Waals surface area contributed by atoms with E-state index in [-0.39, 0.29) is 27.9 Å². The minimum absolute atomic E-state index is 0.0999. The van der Waals surface area contributed by atoms with Crippen molar-refractivity contribution in [3.05, 3.63) is 239 Å². The van der Waals surface area contributed by atoms with Gasteiger partial charge in [0.05, 0.1) is 50.6 Å². The van der Waals surface area contributed by atoms with Gasteiger partial charge in [0.1, 0.15) is 11.6 Å². The summed E-state index contributed by atoms with van der Waals surface area (Å²) in [5, 5.41) is 26.2. The fourth-order valence-corrected chi connectivity index (χ4v) is 10.7. The van der Waals surface area contributed by atoms with E-state index in [1.165, 1.54) is 12.1 Å². The molecule has 4 nitrogen and oxygen atoms in total. The number of fused-ring (bicyclic) bond motifs is 6. The molecule has 0 aliphatic heterocycles. The first-order chi connectivity index (χ1) is 35.9. The summed E-state index contributed by atoms with van der Waals surface area (Å²) in [6.45, 7) is 8.22. The van der Waals surface area contributed by atoms with Gasteiger partial charge < -0.3 is 9.13 Å². The first kappa shape index (κ1) is 45.7. The van der Waals surface area contributed by atoms with Gasteiger partial charge in [0.15, 0.2) is 0 Å². The average Bonchev–Trinajstić information content (AvgIpc) is 3.95. The van der Waals surface area contributed by atoms with Gasteiger partial charge in [-0.2, -0.15) is 23.7 Å². The molecule has 0 fully saturated rings.